The molecule has 106 valence electrons. The van der Waals surface area contributed by atoms with Gasteiger partial charge < -0.3 is 14.9 Å². The first kappa shape index (κ1) is 13.1. The highest BCUT2D eigenvalue weighted by Crippen LogP contribution is 2.59. The fourth-order valence-electron chi connectivity index (χ4n) is 4.63. The van der Waals surface area contributed by atoms with E-state index < -0.39 is 23.3 Å². The van der Waals surface area contributed by atoms with Crippen LogP contribution in [0.4, 0.5) is 0 Å². The Bertz CT molecular complexity index is 455. The smallest absolute Gasteiger partial charge is 0.336 e. The van der Waals surface area contributed by atoms with E-state index in [-0.39, 0.29) is 16.9 Å². The number of carbonyl (C=O) groups excluding carboxylic acids is 1. The molecular weight excluding hydrogens is 244 g/mol. The summed E-state index contributed by atoms with van der Waals surface area (Å²) in [7, 11) is 0. The molecule has 2 aliphatic carbocycles. The second-order valence-electron chi connectivity index (χ2n) is 7.07. The first-order valence-corrected chi connectivity index (χ1v) is 7.06. The van der Waals surface area contributed by atoms with Crippen LogP contribution in [-0.2, 0) is 9.53 Å². The van der Waals surface area contributed by atoms with Gasteiger partial charge in [0, 0.05) is 5.92 Å². The maximum atomic E-state index is 11.8. The number of hydrogen-bond acceptors (Lipinski definition) is 4. The zero-order valence-corrected chi connectivity index (χ0v) is 11.6. The lowest BCUT2D eigenvalue weighted by Gasteiger charge is -2.57. The van der Waals surface area contributed by atoms with Crippen LogP contribution in [0, 0.1) is 11.3 Å². The van der Waals surface area contributed by atoms with Crippen molar-refractivity contribution in [2.24, 2.45) is 11.3 Å². The van der Waals surface area contributed by atoms with Crippen molar-refractivity contribution in [3.63, 3.8) is 0 Å². The van der Waals surface area contributed by atoms with Crippen LogP contribution < -0.4 is 0 Å². The van der Waals surface area contributed by atoms with Crippen molar-refractivity contribution in [1.29, 1.82) is 0 Å². The molecule has 1 aliphatic heterocycles. The average Bonchev–Trinajstić information content (AvgIpc) is 2.52. The first-order valence-electron chi connectivity index (χ1n) is 7.06. The van der Waals surface area contributed by atoms with Crippen molar-refractivity contribution in [1.82, 2.24) is 0 Å². The largest absolute Gasteiger partial charge is 0.455 e. The lowest BCUT2D eigenvalue weighted by molar-refractivity contribution is -0.210. The molecule has 4 nitrogen and oxygen atoms in total. The van der Waals surface area contributed by atoms with Crippen molar-refractivity contribution in [2.45, 2.75) is 63.3 Å². The Morgan fingerprint density at radius 2 is 1.89 bits per heavy atom. The van der Waals surface area contributed by atoms with Crippen molar-refractivity contribution in [3.8, 4) is 0 Å². The molecule has 0 unspecified atom stereocenters. The van der Waals surface area contributed by atoms with E-state index in [0.29, 0.717) is 12.8 Å². The van der Waals surface area contributed by atoms with Crippen LogP contribution in [-0.4, -0.2) is 33.5 Å². The van der Waals surface area contributed by atoms with E-state index in [2.05, 4.69) is 13.5 Å². The minimum absolute atomic E-state index is 0.0798. The second kappa shape index (κ2) is 3.61. The lowest BCUT2D eigenvalue weighted by atomic mass is 9.51. The molecule has 0 spiro atoms. The maximum Gasteiger partial charge on any atom is 0.336 e. The summed E-state index contributed by atoms with van der Waals surface area (Å²) in [6.45, 7) is 7.63. The topological polar surface area (TPSA) is 66.8 Å². The zero-order valence-electron chi connectivity index (χ0n) is 11.6. The van der Waals surface area contributed by atoms with E-state index >= 15 is 0 Å². The average molecular weight is 266 g/mol. The summed E-state index contributed by atoms with van der Waals surface area (Å²) < 4.78 is 5.40. The van der Waals surface area contributed by atoms with Gasteiger partial charge >= 0.3 is 5.97 Å². The Labute approximate surface area is 113 Å². The molecule has 0 aromatic heterocycles. The van der Waals surface area contributed by atoms with Crippen LogP contribution in [0.5, 0.6) is 0 Å². The molecule has 0 radical (unpaired) electrons. The fraction of sp³-hybridized carbons (Fsp3) is 0.800. The molecule has 4 heteroatoms. The number of rotatable bonds is 0. The Morgan fingerprint density at radius 1 is 1.21 bits per heavy atom. The maximum absolute atomic E-state index is 11.8. The first-order chi connectivity index (χ1) is 8.71. The molecule has 1 heterocycles. The molecule has 2 N–H and O–H groups in total. The fourth-order valence-corrected chi connectivity index (χ4v) is 4.63. The van der Waals surface area contributed by atoms with Crippen LogP contribution in [0.2, 0.25) is 0 Å². The predicted molar refractivity (Wildman–Crippen MR) is 69.3 cm³/mol. The molecule has 3 fully saturated rings. The van der Waals surface area contributed by atoms with Crippen LogP contribution in [0.3, 0.4) is 0 Å². The van der Waals surface area contributed by atoms with Crippen molar-refractivity contribution in [3.05, 3.63) is 12.2 Å². The van der Waals surface area contributed by atoms with E-state index in [0.717, 1.165) is 19.3 Å². The lowest BCUT2D eigenvalue weighted by Crippen LogP contribution is -2.63. The molecule has 0 aromatic carbocycles. The van der Waals surface area contributed by atoms with Crippen LogP contribution in [0.25, 0.3) is 0 Å². The third-order valence-electron chi connectivity index (χ3n) is 5.71. The Hall–Kier alpha value is -0.870. The third kappa shape index (κ3) is 1.56. The molecule has 0 aromatic rings. The SMILES string of the molecule is C=C1C(=O)O[C@@H]2[C@@H]3[C@](C)(CCC[C@@]3(C)O)CC[C@@]12O. The molecule has 5 atom stereocenters. The normalized spacial score (nSPS) is 53.5. The highest BCUT2D eigenvalue weighted by Gasteiger charge is 2.66. The summed E-state index contributed by atoms with van der Waals surface area (Å²) in [5.41, 5.74) is -2.12. The molecule has 0 bridgehead atoms. The summed E-state index contributed by atoms with van der Waals surface area (Å²) in [5, 5.41) is 21.5. The van der Waals surface area contributed by atoms with Gasteiger partial charge in [-0.1, -0.05) is 19.9 Å². The Balaban J connectivity index is 2.07. The van der Waals surface area contributed by atoms with E-state index in [1.54, 1.807) is 6.92 Å². The van der Waals surface area contributed by atoms with Gasteiger partial charge in [0.2, 0.25) is 0 Å². The molecule has 3 rings (SSSR count). The van der Waals surface area contributed by atoms with Crippen molar-refractivity contribution in [2.75, 3.05) is 0 Å². The van der Waals surface area contributed by atoms with E-state index in [1.807, 2.05) is 0 Å². The summed E-state index contributed by atoms with van der Waals surface area (Å²) in [4.78, 5) is 11.8. The van der Waals surface area contributed by atoms with Gasteiger partial charge in [-0.2, -0.15) is 0 Å². The van der Waals surface area contributed by atoms with Gasteiger partial charge in [-0.25, -0.2) is 4.79 Å². The molecule has 3 aliphatic rings. The van der Waals surface area contributed by atoms with Gasteiger partial charge in [0.15, 0.2) is 0 Å². The number of fused-ring (bicyclic) bond motifs is 3. The van der Waals surface area contributed by atoms with Crippen molar-refractivity contribution < 1.29 is 19.7 Å². The van der Waals surface area contributed by atoms with Crippen LogP contribution >= 0.6 is 0 Å². The van der Waals surface area contributed by atoms with Crippen LogP contribution in [0.15, 0.2) is 12.2 Å². The van der Waals surface area contributed by atoms with E-state index in [4.69, 9.17) is 4.74 Å². The van der Waals surface area contributed by atoms with Gasteiger partial charge in [-0.3, -0.25) is 0 Å². The number of esters is 1. The summed E-state index contributed by atoms with van der Waals surface area (Å²) >= 11 is 0. The van der Waals surface area contributed by atoms with Crippen LogP contribution in [0.1, 0.15) is 46.0 Å². The standard InChI is InChI=1S/C15H22O4/c1-9-12(16)19-11-10-13(2,7-8-15(9,11)18)5-4-6-14(10,3)17/h10-11,17-18H,1,4-8H2,2-3H3/t10-,11-,13-,14-,15-/m1/s1. The predicted octanol–water partition coefficient (Wildman–Crippen LogP) is 1.55. The molecular formula is C15H22O4. The Morgan fingerprint density at radius 3 is 2.58 bits per heavy atom. The highest BCUT2D eigenvalue weighted by molar-refractivity contribution is 5.93. The molecule has 0 amide bonds. The van der Waals surface area contributed by atoms with Gasteiger partial charge in [-0.05, 0) is 38.0 Å². The van der Waals surface area contributed by atoms with Gasteiger partial charge in [0.1, 0.15) is 11.7 Å². The summed E-state index contributed by atoms with van der Waals surface area (Å²) in [5.74, 6) is -0.742. The highest BCUT2D eigenvalue weighted by atomic mass is 16.6. The minimum atomic E-state index is -1.29. The minimum Gasteiger partial charge on any atom is -0.455 e. The summed E-state index contributed by atoms with van der Waals surface area (Å²) in [6, 6.07) is 0. The van der Waals surface area contributed by atoms with Gasteiger partial charge in [0.05, 0.1) is 11.2 Å². The number of carbonyl (C=O) groups is 1. The third-order valence-corrected chi connectivity index (χ3v) is 5.71. The van der Waals surface area contributed by atoms with Crippen molar-refractivity contribution >= 4 is 5.97 Å². The number of ether oxygens (including phenoxy) is 1. The van der Waals surface area contributed by atoms with Gasteiger partial charge in [0.25, 0.3) is 0 Å². The van der Waals surface area contributed by atoms with E-state index in [9.17, 15) is 15.0 Å². The number of hydrogen-bond donors (Lipinski definition) is 2. The Kier molecular flexibility index (Phi) is 2.50. The monoisotopic (exact) mass is 266 g/mol. The second-order valence-corrected chi connectivity index (χ2v) is 7.07. The molecule has 1 saturated heterocycles. The van der Waals surface area contributed by atoms with Gasteiger partial charge in [-0.15, -0.1) is 0 Å². The quantitative estimate of drug-likeness (QED) is 0.515. The molecule has 19 heavy (non-hydrogen) atoms. The summed E-state index contributed by atoms with van der Waals surface area (Å²) in [6.07, 6.45) is 3.29. The zero-order chi connectivity index (χ0) is 14.1. The molecule has 2 saturated carbocycles. The number of aliphatic hydroxyl groups is 2. The van der Waals surface area contributed by atoms with E-state index in [1.165, 1.54) is 0 Å².